The van der Waals surface area contributed by atoms with Crippen LogP contribution in [-0.2, 0) is 9.53 Å². The van der Waals surface area contributed by atoms with Crippen LogP contribution in [0.3, 0.4) is 0 Å². The Morgan fingerprint density at radius 3 is 3.19 bits per heavy atom. The van der Waals surface area contributed by atoms with Crippen LogP contribution in [0.5, 0.6) is 0 Å². The van der Waals surface area contributed by atoms with Crippen LogP contribution in [0.2, 0.25) is 0 Å². The summed E-state index contributed by atoms with van der Waals surface area (Å²) in [7, 11) is 0. The van der Waals surface area contributed by atoms with Gasteiger partial charge in [-0.1, -0.05) is 6.92 Å². The fraction of sp³-hybridized carbons (Fsp3) is 0.615. The fourth-order valence-corrected chi connectivity index (χ4v) is 3.39. The Labute approximate surface area is 94.8 Å². The standard InChI is InChI=1S/C13H16O3/c1-12-6-7-16-13(12)5-4-10(14)8-9(13)2-3-11(12)15/h4-5,8,11,15H,2-3,6-7H2,1H3/t11-,12+,13?/m1/s1. The summed E-state index contributed by atoms with van der Waals surface area (Å²) in [6.07, 6.45) is 7.12. The molecule has 3 atom stereocenters. The molecular weight excluding hydrogens is 204 g/mol. The van der Waals surface area contributed by atoms with Gasteiger partial charge in [-0.3, -0.25) is 4.79 Å². The molecule has 3 rings (SSSR count). The van der Waals surface area contributed by atoms with Gasteiger partial charge in [0.1, 0.15) is 5.60 Å². The average Bonchev–Trinajstić information content (AvgIpc) is 2.60. The number of hydrogen-bond acceptors (Lipinski definition) is 3. The zero-order valence-corrected chi connectivity index (χ0v) is 9.40. The molecule has 0 amide bonds. The highest BCUT2D eigenvalue weighted by Crippen LogP contribution is 2.56. The molecule has 86 valence electrons. The minimum atomic E-state index is -0.515. The molecule has 1 heterocycles. The molecule has 2 fully saturated rings. The summed E-state index contributed by atoms with van der Waals surface area (Å²) in [5.74, 6) is 0.0369. The molecule has 1 aliphatic heterocycles. The van der Waals surface area contributed by atoms with Crippen molar-refractivity contribution in [2.45, 2.75) is 37.9 Å². The summed E-state index contributed by atoms with van der Waals surface area (Å²) in [5.41, 5.74) is 0.262. The maximum Gasteiger partial charge on any atom is 0.178 e. The van der Waals surface area contributed by atoms with Crippen LogP contribution in [0.15, 0.2) is 23.8 Å². The quantitative estimate of drug-likeness (QED) is 0.670. The molecule has 1 unspecified atom stereocenters. The Hall–Kier alpha value is -0.930. The van der Waals surface area contributed by atoms with E-state index in [0.717, 1.165) is 24.8 Å². The van der Waals surface area contributed by atoms with Gasteiger partial charge in [0.05, 0.1) is 6.10 Å². The summed E-state index contributed by atoms with van der Waals surface area (Å²) in [5, 5.41) is 10.2. The van der Waals surface area contributed by atoms with Crippen LogP contribution in [0.25, 0.3) is 0 Å². The van der Waals surface area contributed by atoms with Crippen molar-refractivity contribution in [3.63, 3.8) is 0 Å². The Kier molecular flexibility index (Phi) is 1.95. The van der Waals surface area contributed by atoms with Gasteiger partial charge in [-0.15, -0.1) is 0 Å². The largest absolute Gasteiger partial charge is 0.392 e. The predicted molar refractivity (Wildman–Crippen MR) is 58.9 cm³/mol. The number of aliphatic hydroxyl groups excluding tert-OH is 1. The topological polar surface area (TPSA) is 46.5 Å². The van der Waals surface area contributed by atoms with Gasteiger partial charge in [-0.05, 0) is 43.1 Å². The smallest absolute Gasteiger partial charge is 0.178 e. The molecule has 0 bridgehead atoms. The van der Waals surface area contributed by atoms with E-state index < -0.39 is 5.60 Å². The first kappa shape index (κ1) is 10.2. The van der Waals surface area contributed by atoms with Crippen LogP contribution < -0.4 is 0 Å². The molecule has 2 aliphatic carbocycles. The van der Waals surface area contributed by atoms with Crippen LogP contribution in [0.1, 0.15) is 26.2 Å². The second-order valence-electron chi connectivity index (χ2n) is 5.21. The van der Waals surface area contributed by atoms with Crippen molar-refractivity contribution in [3.8, 4) is 0 Å². The minimum absolute atomic E-state index is 0.0369. The number of rotatable bonds is 0. The number of aliphatic hydroxyl groups is 1. The van der Waals surface area contributed by atoms with Crippen LogP contribution in [0.4, 0.5) is 0 Å². The third-order valence-corrected chi connectivity index (χ3v) is 4.50. The molecule has 3 aliphatic rings. The van der Waals surface area contributed by atoms with Crippen molar-refractivity contribution in [1.82, 2.24) is 0 Å². The molecule has 0 aromatic carbocycles. The van der Waals surface area contributed by atoms with Gasteiger partial charge >= 0.3 is 0 Å². The van der Waals surface area contributed by atoms with Crippen LogP contribution >= 0.6 is 0 Å². The Morgan fingerprint density at radius 2 is 2.38 bits per heavy atom. The summed E-state index contributed by atoms with van der Waals surface area (Å²) in [4.78, 5) is 11.4. The lowest BCUT2D eigenvalue weighted by Gasteiger charge is -2.49. The van der Waals surface area contributed by atoms with E-state index in [4.69, 9.17) is 4.74 Å². The maximum atomic E-state index is 11.4. The normalized spacial score (nSPS) is 46.2. The summed E-state index contributed by atoms with van der Waals surface area (Å²) < 4.78 is 5.90. The average molecular weight is 220 g/mol. The van der Waals surface area contributed by atoms with E-state index in [1.807, 2.05) is 6.08 Å². The van der Waals surface area contributed by atoms with E-state index in [0.29, 0.717) is 6.61 Å². The second-order valence-corrected chi connectivity index (χ2v) is 5.21. The van der Waals surface area contributed by atoms with Crippen molar-refractivity contribution in [2.24, 2.45) is 5.41 Å². The van der Waals surface area contributed by atoms with Gasteiger partial charge in [0, 0.05) is 12.0 Å². The van der Waals surface area contributed by atoms with Gasteiger partial charge in [0.15, 0.2) is 5.78 Å². The first-order chi connectivity index (χ1) is 7.58. The van der Waals surface area contributed by atoms with Crippen molar-refractivity contribution in [1.29, 1.82) is 0 Å². The van der Waals surface area contributed by atoms with Gasteiger partial charge in [-0.25, -0.2) is 0 Å². The number of hydrogen-bond donors (Lipinski definition) is 1. The number of allylic oxidation sites excluding steroid dienone is 2. The van der Waals surface area contributed by atoms with Gasteiger partial charge in [0.25, 0.3) is 0 Å². The summed E-state index contributed by atoms with van der Waals surface area (Å²) >= 11 is 0. The molecule has 1 saturated carbocycles. The SMILES string of the molecule is C[C@@]12CCOC13C=CC(=O)C=C3CC[C@H]2O. The molecule has 0 aromatic heterocycles. The minimum Gasteiger partial charge on any atom is -0.392 e. The van der Waals surface area contributed by atoms with Gasteiger partial charge in [0.2, 0.25) is 0 Å². The van der Waals surface area contributed by atoms with Crippen LogP contribution in [0, 0.1) is 5.41 Å². The van der Waals surface area contributed by atoms with Gasteiger partial charge in [-0.2, -0.15) is 0 Å². The molecule has 0 radical (unpaired) electrons. The zero-order chi connectivity index (χ0) is 11.4. The molecule has 1 N–H and O–H groups in total. The molecule has 16 heavy (non-hydrogen) atoms. The van der Waals surface area contributed by atoms with E-state index in [1.165, 1.54) is 0 Å². The third kappa shape index (κ3) is 1.03. The molecule has 1 saturated heterocycles. The Balaban J connectivity index is 2.14. The zero-order valence-electron chi connectivity index (χ0n) is 9.40. The second kappa shape index (κ2) is 3.05. The van der Waals surface area contributed by atoms with Crippen molar-refractivity contribution in [2.75, 3.05) is 6.61 Å². The fourth-order valence-electron chi connectivity index (χ4n) is 3.39. The molecule has 0 aromatic rings. The lowest BCUT2D eigenvalue weighted by molar-refractivity contribution is -0.112. The lowest BCUT2D eigenvalue weighted by Crippen LogP contribution is -2.54. The highest BCUT2D eigenvalue weighted by Gasteiger charge is 2.60. The van der Waals surface area contributed by atoms with E-state index in [1.54, 1.807) is 12.2 Å². The van der Waals surface area contributed by atoms with E-state index in [-0.39, 0.29) is 17.3 Å². The van der Waals surface area contributed by atoms with E-state index >= 15 is 0 Å². The first-order valence-electron chi connectivity index (χ1n) is 5.85. The Bertz CT molecular complexity index is 409. The number of ketones is 1. The first-order valence-corrected chi connectivity index (χ1v) is 5.85. The van der Waals surface area contributed by atoms with Crippen molar-refractivity contribution >= 4 is 5.78 Å². The highest BCUT2D eigenvalue weighted by molar-refractivity contribution is 6.01. The monoisotopic (exact) mass is 220 g/mol. The molecule has 3 nitrogen and oxygen atoms in total. The number of carbonyl (C=O) groups is 1. The lowest BCUT2D eigenvalue weighted by atomic mass is 9.59. The van der Waals surface area contributed by atoms with Crippen molar-refractivity contribution < 1.29 is 14.6 Å². The van der Waals surface area contributed by atoms with Gasteiger partial charge < -0.3 is 9.84 Å². The van der Waals surface area contributed by atoms with Crippen molar-refractivity contribution in [3.05, 3.63) is 23.8 Å². The van der Waals surface area contributed by atoms with E-state index in [2.05, 4.69) is 6.92 Å². The molecule has 1 spiro atoms. The summed E-state index contributed by atoms with van der Waals surface area (Å²) in [6, 6.07) is 0. The summed E-state index contributed by atoms with van der Waals surface area (Å²) in [6.45, 7) is 2.72. The van der Waals surface area contributed by atoms with Crippen LogP contribution in [-0.4, -0.2) is 29.2 Å². The number of carbonyl (C=O) groups excluding carboxylic acids is 1. The third-order valence-electron chi connectivity index (χ3n) is 4.50. The predicted octanol–water partition coefficient (Wildman–Crippen LogP) is 1.37. The number of ether oxygens (including phenoxy) is 1. The highest BCUT2D eigenvalue weighted by atomic mass is 16.5. The molecular formula is C13H16O3. The van der Waals surface area contributed by atoms with E-state index in [9.17, 15) is 9.90 Å². The maximum absolute atomic E-state index is 11.4. The Morgan fingerprint density at radius 1 is 1.56 bits per heavy atom. The molecule has 3 heteroatoms.